The third kappa shape index (κ3) is 2.46. The number of carbonyl (C=O) groups excluding carboxylic acids is 1. The molecular formula is C12H15N5O4. The molecule has 1 aliphatic heterocycles. The lowest BCUT2D eigenvalue weighted by atomic mass is 10.2. The zero-order valence-electron chi connectivity index (χ0n) is 11.3. The molecule has 2 aromatic rings. The molecule has 2 aromatic heterocycles. The molecule has 3 atom stereocenters. The number of aliphatic hydroxyl groups excluding tert-OH is 2. The van der Waals surface area contributed by atoms with Crippen LogP contribution in [-0.2, 0) is 9.53 Å². The molecule has 0 unspecified atom stereocenters. The number of nitrogens with zero attached hydrogens (tertiary/aromatic N) is 4. The third-order valence-corrected chi connectivity index (χ3v) is 3.34. The van der Waals surface area contributed by atoms with E-state index >= 15 is 0 Å². The van der Waals surface area contributed by atoms with Crippen molar-refractivity contribution in [2.75, 3.05) is 11.9 Å². The Morgan fingerprint density at radius 2 is 2.38 bits per heavy atom. The van der Waals surface area contributed by atoms with Gasteiger partial charge in [0.1, 0.15) is 18.2 Å². The van der Waals surface area contributed by atoms with Gasteiger partial charge in [0.05, 0.1) is 24.3 Å². The summed E-state index contributed by atoms with van der Waals surface area (Å²) in [4.78, 5) is 19.3. The van der Waals surface area contributed by atoms with E-state index in [1.807, 2.05) is 0 Å². The fourth-order valence-electron chi connectivity index (χ4n) is 2.37. The van der Waals surface area contributed by atoms with Crippen LogP contribution in [0.25, 0.3) is 11.0 Å². The van der Waals surface area contributed by atoms with E-state index in [4.69, 9.17) is 9.84 Å². The number of nitrogens with one attached hydrogen (secondary N) is 1. The Kier molecular flexibility index (Phi) is 3.53. The number of aromatic nitrogens is 4. The normalized spacial score (nSPS) is 25.4. The summed E-state index contributed by atoms with van der Waals surface area (Å²) in [5.74, 6) is 0.131. The highest BCUT2D eigenvalue weighted by Crippen LogP contribution is 2.31. The Balaban J connectivity index is 1.96. The average Bonchev–Trinajstić information content (AvgIpc) is 3.02. The van der Waals surface area contributed by atoms with Gasteiger partial charge in [0.15, 0.2) is 11.9 Å². The molecule has 1 amide bonds. The molecule has 9 heteroatoms. The standard InChI is InChI=1S/C12H15N5O4/c1-6(19)16-11-7-3-15-17(12(7)14-5-13-11)10-2-8(20)9(4-18)21-10/h3,5,8-10,18,20H,2,4H2,1H3,(H,13,14,16,19)/t8-,9+,10+/m0/s1. The Labute approximate surface area is 119 Å². The highest BCUT2D eigenvalue weighted by molar-refractivity contribution is 5.96. The summed E-state index contributed by atoms with van der Waals surface area (Å²) in [7, 11) is 0. The van der Waals surface area contributed by atoms with E-state index in [-0.39, 0.29) is 12.5 Å². The molecule has 0 saturated carbocycles. The van der Waals surface area contributed by atoms with Gasteiger partial charge >= 0.3 is 0 Å². The number of rotatable bonds is 3. The van der Waals surface area contributed by atoms with Crippen LogP contribution in [0.3, 0.4) is 0 Å². The second-order valence-corrected chi connectivity index (χ2v) is 4.84. The van der Waals surface area contributed by atoms with Crippen LogP contribution in [-0.4, -0.2) is 54.7 Å². The SMILES string of the molecule is CC(=O)Nc1ncnc2c1cnn2[C@H]1C[C@H](O)[C@@H](CO)O1. The molecule has 3 heterocycles. The van der Waals surface area contributed by atoms with Gasteiger partial charge in [-0.3, -0.25) is 4.79 Å². The molecule has 1 fully saturated rings. The molecule has 1 saturated heterocycles. The van der Waals surface area contributed by atoms with Gasteiger partial charge in [0, 0.05) is 13.3 Å². The fraction of sp³-hybridized carbons (Fsp3) is 0.500. The minimum absolute atomic E-state index is 0.240. The first-order valence-corrected chi connectivity index (χ1v) is 6.50. The lowest BCUT2D eigenvalue weighted by molar-refractivity contribution is -0.114. The van der Waals surface area contributed by atoms with Crippen molar-refractivity contribution in [2.45, 2.75) is 31.8 Å². The smallest absolute Gasteiger partial charge is 0.222 e. The van der Waals surface area contributed by atoms with Crippen LogP contribution in [0.5, 0.6) is 0 Å². The number of fused-ring (bicyclic) bond motifs is 1. The lowest BCUT2D eigenvalue weighted by Gasteiger charge is -2.12. The van der Waals surface area contributed by atoms with Gasteiger partial charge in [-0.05, 0) is 0 Å². The number of hydrogen-bond acceptors (Lipinski definition) is 7. The summed E-state index contributed by atoms with van der Waals surface area (Å²) in [6.07, 6.45) is 1.25. The Hall–Kier alpha value is -2.10. The van der Waals surface area contributed by atoms with E-state index in [1.165, 1.54) is 24.1 Å². The summed E-state index contributed by atoms with van der Waals surface area (Å²) in [5, 5.41) is 26.3. The summed E-state index contributed by atoms with van der Waals surface area (Å²) >= 11 is 0. The minimum Gasteiger partial charge on any atom is -0.394 e. The summed E-state index contributed by atoms with van der Waals surface area (Å²) in [6, 6.07) is 0. The largest absolute Gasteiger partial charge is 0.394 e. The first kappa shape index (κ1) is 13.9. The van der Waals surface area contributed by atoms with Crippen molar-refractivity contribution in [2.24, 2.45) is 0 Å². The van der Waals surface area contributed by atoms with E-state index < -0.39 is 18.4 Å². The van der Waals surface area contributed by atoms with E-state index in [0.29, 0.717) is 23.3 Å². The van der Waals surface area contributed by atoms with Crippen LogP contribution >= 0.6 is 0 Å². The van der Waals surface area contributed by atoms with Crippen LogP contribution < -0.4 is 5.32 Å². The van der Waals surface area contributed by atoms with E-state index in [2.05, 4.69) is 20.4 Å². The third-order valence-electron chi connectivity index (χ3n) is 3.34. The Morgan fingerprint density at radius 1 is 1.57 bits per heavy atom. The predicted octanol–water partition coefficient (Wildman–Crippen LogP) is -0.575. The van der Waals surface area contributed by atoms with Gasteiger partial charge in [-0.25, -0.2) is 14.6 Å². The molecule has 0 aromatic carbocycles. The van der Waals surface area contributed by atoms with Gasteiger partial charge in [-0.15, -0.1) is 0 Å². The molecule has 0 bridgehead atoms. The summed E-state index contributed by atoms with van der Waals surface area (Å²) < 4.78 is 7.06. The van der Waals surface area contributed by atoms with Crippen LogP contribution in [0.15, 0.2) is 12.5 Å². The Bertz CT molecular complexity index is 673. The van der Waals surface area contributed by atoms with Crippen molar-refractivity contribution in [1.82, 2.24) is 19.7 Å². The monoisotopic (exact) mass is 293 g/mol. The molecule has 9 nitrogen and oxygen atoms in total. The molecule has 0 radical (unpaired) electrons. The van der Waals surface area contributed by atoms with Crippen molar-refractivity contribution in [3.8, 4) is 0 Å². The summed E-state index contributed by atoms with van der Waals surface area (Å²) in [5.41, 5.74) is 0.490. The average molecular weight is 293 g/mol. The quantitative estimate of drug-likeness (QED) is 0.692. The number of carbonyl (C=O) groups is 1. The van der Waals surface area contributed by atoms with Crippen molar-refractivity contribution in [3.05, 3.63) is 12.5 Å². The van der Waals surface area contributed by atoms with Crippen molar-refractivity contribution in [3.63, 3.8) is 0 Å². The molecule has 1 aliphatic rings. The number of ether oxygens (including phenoxy) is 1. The van der Waals surface area contributed by atoms with Crippen LogP contribution in [0, 0.1) is 0 Å². The molecule has 112 valence electrons. The molecule has 3 rings (SSSR count). The maximum absolute atomic E-state index is 11.2. The number of anilines is 1. The summed E-state index contributed by atoms with van der Waals surface area (Å²) in [6.45, 7) is 1.13. The maximum Gasteiger partial charge on any atom is 0.222 e. The van der Waals surface area contributed by atoms with E-state index in [0.717, 1.165) is 0 Å². The van der Waals surface area contributed by atoms with Crippen LogP contribution in [0.2, 0.25) is 0 Å². The molecule has 0 spiro atoms. The van der Waals surface area contributed by atoms with Crippen LogP contribution in [0.4, 0.5) is 5.82 Å². The van der Waals surface area contributed by atoms with Gasteiger partial charge in [-0.2, -0.15) is 5.10 Å². The fourth-order valence-corrected chi connectivity index (χ4v) is 2.37. The van der Waals surface area contributed by atoms with Gasteiger partial charge in [-0.1, -0.05) is 0 Å². The number of amides is 1. The molecule has 3 N–H and O–H groups in total. The van der Waals surface area contributed by atoms with Crippen molar-refractivity contribution < 1.29 is 19.7 Å². The highest BCUT2D eigenvalue weighted by atomic mass is 16.5. The molecular weight excluding hydrogens is 278 g/mol. The number of hydrogen-bond donors (Lipinski definition) is 3. The first-order valence-electron chi connectivity index (χ1n) is 6.50. The lowest BCUT2D eigenvalue weighted by Crippen LogP contribution is -2.24. The van der Waals surface area contributed by atoms with E-state index in [1.54, 1.807) is 0 Å². The zero-order chi connectivity index (χ0) is 15.0. The maximum atomic E-state index is 11.2. The van der Waals surface area contributed by atoms with Crippen molar-refractivity contribution in [1.29, 1.82) is 0 Å². The van der Waals surface area contributed by atoms with E-state index in [9.17, 15) is 9.90 Å². The predicted molar refractivity (Wildman–Crippen MR) is 71.2 cm³/mol. The molecule has 21 heavy (non-hydrogen) atoms. The zero-order valence-corrected chi connectivity index (χ0v) is 11.3. The topological polar surface area (TPSA) is 122 Å². The second-order valence-electron chi connectivity index (χ2n) is 4.84. The molecule has 0 aliphatic carbocycles. The van der Waals surface area contributed by atoms with Crippen molar-refractivity contribution >= 4 is 22.8 Å². The first-order chi connectivity index (χ1) is 10.1. The van der Waals surface area contributed by atoms with Crippen LogP contribution in [0.1, 0.15) is 19.6 Å². The minimum atomic E-state index is -0.754. The number of aliphatic hydroxyl groups is 2. The van der Waals surface area contributed by atoms with Gasteiger partial charge < -0.3 is 20.3 Å². The van der Waals surface area contributed by atoms with Gasteiger partial charge in [0.25, 0.3) is 0 Å². The Morgan fingerprint density at radius 3 is 3.05 bits per heavy atom. The highest BCUT2D eigenvalue weighted by Gasteiger charge is 2.35. The second kappa shape index (κ2) is 5.35. The van der Waals surface area contributed by atoms with Gasteiger partial charge in [0.2, 0.25) is 5.91 Å².